The maximum Gasteiger partial charge on any atom is 0.471 e. The second-order valence-corrected chi connectivity index (χ2v) is 9.59. The summed E-state index contributed by atoms with van der Waals surface area (Å²) in [4.78, 5) is 21.8. The molecule has 1 aliphatic heterocycles. The lowest BCUT2D eigenvalue weighted by Gasteiger charge is -2.33. The van der Waals surface area contributed by atoms with Gasteiger partial charge in [-0.3, -0.25) is 4.79 Å². The fraction of sp³-hybridized carbons (Fsp3) is 0.333. The van der Waals surface area contributed by atoms with Gasteiger partial charge in [-0.15, -0.1) is 0 Å². The summed E-state index contributed by atoms with van der Waals surface area (Å²) in [5, 5.41) is 1.10. The minimum Gasteiger partial charge on any atom is -0.348 e. The van der Waals surface area contributed by atoms with Crippen molar-refractivity contribution in [2.24, 2.45) is 5.73 Å². The highest BCUT2D eigenvalue weighted by Gasteiger charge is 2.43. The molecular weight excluding hydrogens is 502 g/mol. The third-order valence-corrected chi connectivity index (χ3v) is 6.60. The Morgan fingerprint density at radius 2 is 2.00 bits per heavy atom. The Bertz CT molecular complexity index is 1190. The maximum atomic E-state index is 13.4. The van der Waals surface area contributed by atoms with E-state index in [9.17, 15) is 18.0 Å². The number of aromatic nitrogens is 2. The fourth-order valence-corrected chi connectivity index (χ4v) is 5.02. The number of carbonyl (C=O) groups excluding carboxylic acids is 1. The lowest BCUT2D eigenvalue weighted by molar-refractivity contribution is -0.170. The highest BCUT2D eigenvalue weighted by molar-refractivity contribution is 6.35. The van der Waals surface area contributed by atoms with Crippen molar-refractivity contribution in [1.82, 2.24) is 14.9 Å². The first-order valence-electron chi connectivity index (χ1n) is 10.9. The Kier molecular flexibility index (Phi) is 7.42. The highest BCUT2D eigenvalue weighted by Crippen LogP contribution is 2.39. The molecule has 2 atom stereocenters. The van der Waals surface area contributed by atoms with Crippen LogP contribution < -0.4 is 10.6 Å². The van der Waals surface area contributed by atoms with Crippen molar-refractivity contribution in [1.29, 1.82) is 0 Å². The number of anilines is 1. The van der Waals surface area contributed by atoms with Crippen LogP contribution in [-0.2, 0) is 17.8 Å². The van der Waals surface area contributed by atoms with Crippen LogP contribution >= 0.6 is 23.2 Å². The number of H-pyrrole nitrogens is 1. The zero-order valence-electron chi connectivity index (χ0n) is 18.8. The van der Waals surface area contributed by atoms with Crippen molar-refractivity contribution >= 4 is 34.8 Å². The number of imidazole rings is 1. The van der Waals surface area contributed by atoms with Crippen molar-refractivity contribution in [3.05, 3.63) is 81.4 Å². The third kappa shape index (κ3) is 5.81. The number of benzene rings is 2. The van der Waals surface area contributed by atoms with Crippen LogP contribution in [0.2, 0.25) is 10.0 Å². The Morgan fingerprint density at radius 1 is 1.29 bits per heavy atom. The smallest absolute Gasteiger partial charge is 0.348 e. The third-order valence-electron chi connectivity index (χ3n) is 6.04. The van der Waals surface area contributed by atoms with E-state index in [-0.39, 0.29) is 24.6 Å². The molecule has 0 fully saturated rings. The number of amides is 1. The topological polar surface area (TPSA) is 78.2 Å². The van der Waals surface area contributed by atoms with Crippen molar-refractivity contribution < 1.29 is 18.0 Å². The molecule has 0 aliphatic carbocycles. The fourth-order valence-electron chi connectivity index (χ4n) is 4.45. The van der Waals surface area contributed by atoms with Gasteiger partial charge in [0, 0.05) is 65.6 Å². The molecule has 0 saturated heterocycles. The summed E-state index contributed by atoms with van der Waals surface area (Å²) in [5.41, 5.74) is 9.70. The molecule has 0 bridgehead atoms. The largest absolute Gasteiger partial charge is 0.471 e. The van der Waals surface area contributed by atoms with E-state index < -0.39 is 18.1 Å². The van der Waals surface area contributed by atoms with Crippen LogP contribution in [0, 0.1) is 0 Å². The molecule has 35 heavy (non-hydrogen) atoms. The number of nitrogens with two attached hydrogens (primary N) is 1. The predicted octanol–water partition coefficient (Wildman–Crippen LogP) is 4.76. The number of nitrogens with zero attached hydrogens (tertiary/aromatic N) is 3. The van der Waals surface area contributed by atoms with E-state index in [0.29, 0.717) is 33.7 Å². The van der Waals surface area contributed by atoms with E-state index in [4.69, 9.17) is 28.9 Å². The molecule has 4 rings (SSSR count). The molecule has 2 aromatic carbocycles. The lowest BCUT2D eigenvalue weighted by Crippen LogP contribution is -2.47. The Morgan fingerprint density at radius 3 is 2.63 bits per heavy atom. The van der Waals surface area contributed by atoms with Crippen molar-refractivity contribution in [3.63, 3.8) is 0 Å². The molecule has 0 spiro atoms. The van der Waals surface area contributed by atoms with Gasteiger partial charge >= 0.3 is 12.1 Å². The summed E-state index contributed by atoms with van der Waals surface area (Å²) in [6, 6.07) is 9.34. The first-order chi connectivity index (χ1) is 16.5. The molecule has 3 N–H and O–H groups in total. The SMILES string of the molecule is CN1Cc2c(Cl)cc(Cl)cc2C(c2ccc(N(C[C@@H](N)Cc3cnc[nH]3)C(=O)C(F)(F)F)cc2)C1. The monoisotopic (exact) mass is 525 g/mol. The molecule has 1 aliphatic rings. The van der Waals surface area contributed by atoms with E-state index in [1.165, 1.54) is 18.5 Å². The zero-order chi connectivity index (χ0) is 25.3. The van der Waals surface area contributed by atoms with Gasteiger partial charge in [0.15, 0.2) is 0 Å². The first kappa shape index (κ1) is 25.5. The van der Waals surface area contributed by atoms with Crippen molar-refractivity contribution in [3.8, 4) is 0 Å². The first-order valence-corrected chi connectivity index (χ1v) is 11.7. The second kappa shape index (κ2) is 10.2. The number of halogens is 5. The van der Waals surface area contributed by atoms with Crippen LogP contribution in [0.5, 0.6) is 0 Å². The maximum absolute atomic E-state index is 13.4. The minimum atomic E-state index is -5.04. The van der Waals surface area contributed by atoms with E-state index in [1.54, 1.807) is 24.4 Å². The number of carbonyl (C=O) groups is 1. The summed E-state index contributed by atoms with van der Waals surface area (Å²) in [6.07, 6.45) is -1.79. The zero-order valence-corrected chi connectivity index (χ0v) is 20.3. The summed E-state index contributed by atoms with van der Waals surface area (Å²) >= 11 is 12.7. The van der Waals surface area contributed by atoms with Crippen molar-refractivity contribution in [2.75, 3.05) is 25.0 Å². The number of hydrogen-bond acceptors (Lipinski definition) is 4. The second-order valence-electron chi connectivity index (χ2n) is 8.75. The van der Waals surface area contributed by atoms with Gasteiger partial charge in [-0.1, -0.05) is 35.3 Å². The molecule has 1 amide bonds. The van der Waals surface area contributed by atoms with Crippen molar-refractivity contribution in [2.45, 2.75) is 31.1 Å². The van der Waals surface area contributed by atoms with Crippen LogP contribution in [0.25, 0.3) is 0 Å². The van der Waals surface area contributed by atoms with Gasteiger partial charge in [0.05, 0.1) is 6.33 Å². The van der Waals surface area contributed by atoms with Crippen LogP contribution in [-0.4, -0.2) is 53.1 Å². The van der Waals surface area contributed by atoms with Gasteiger partial charge in [-0.2, -0.15) is 13.2 Å². The van der Waals surface area contributed by atoms with Crippen LogP contribution in [0.3, 0.4) is 0 Å². The molecule has 0 saturated carbocycles. The average Bonchev–Trinajstić information content (AvgIpc) is 3.29. The molecule has 3 aromatic rings. The number of alkyl halides is 3. The number of aromatic amines is 1. The van der Waals surface area contributed by atoms with Gasteiger partial charge in [0.2, 0.25) is 0 Å². The number of nitrogens with one attached hydrogen (secondary N) is 1. The normalized spacial score (nSPS) is 17.2. The molecule has 2 heterocycles. The quantitative estimate of drug-likeness (QED) is 0.486. The number of likely N-dealkylation sites (N-methyl/N-ethyl adjacent to an activating group) is 1. The van der Waals surface area contributed by atoms with E-state index in [1.807, 2.05) is 13.1 Å². The van der Waals surface area contributed by atoms with Gasteiger partial charge in [0.25, 0.3) is 0 Å². The minimum absolute atomic E-state index is 0.0802. The molecular formula is C24H24Cl2F3N5O. The molecule has 186 valence electrons. The van der Waals surface area contributed by atoms with E-state index in [2.05, 4.69) is 14.9 Å². The molecule has 11 heteroatoms. The summed E-state index contributed by atoms with van der Waals surface area (Å²) in [5.74, 6) is -2.05. The Labute approximate surface area is 210 Å². The lowest BCUT2D eigenvalue weighted by atomic mass is 9.84. The number of hydrogen-bond donors (Lipinski definition) is 2. The van der Waals surface area contributed by atoms with Crippen LogP contribution in [0.4, 0.5) is 18.9 Å². The predicted molar refractivity (Wildman–Crippen MR) is 130 cm³/mol. The molecule has 1 unspecified atom stereocenters. The average molecular weight is 526 g/mol. The van der Waals surface area contributed by atoms with E-state index in [0.717, 1.165) is 16.7 Å². The van der Waals surface area contributed by atoms with Crippen LogP contribution in [0.1, 0.15) is 28.3 Å². The van der Waals surface area contributed by atoms with Gasteiger partial charge < -0.3 is 20.5 Å². The van der Waals surface area contributed by atoms with Gasteiger partial charge in [-0.05, 0) is 48.0 Å². The van der Waals surface area contributed by atoms with Gasteiger partial charge in [0.1, 0.15) is 0 Å². The number of fused-ring (bicyclic) bond motifs is 1. The summed E-state index contributed by atoms with van der Waals surface area (Å²) < 4.78 is 40.2. The molecule has 1 aromatic heterocycles. The standard InChI is InChI=1S/C24H24Cl2F3N5O/c1-33-11-20(19-6-15(25)7-22(26)21(19)12-33)14-2-4-18(5-3-14)34(23(35)24(27,28)29)10-16(30)8-17-9-31-13-32-17/h2-7,9,13,16,20H,8,10-12,30H2,1H3,(H,31,32)/t16-,20?/m0/s1. The Balaban J connectivity index is 1.62. The van der Waals surface area contributed by atoms with Gasteiger partial charge in [-0.25, -0.2) is 4.98 Å². The summed E-state index contributed by atoms with van der Waals surface area (Å²) in [7, 11) is 1.97. The summed E-state index contributed by atoms with van der Waals surface area (Å²) in [6.45, 7) is 1.04. The van der Waals surface area contributed by atoms with Crippen LogP contribution in [0.15, 0.2) is 48.9 Å². The highest BCUT2D eigenvalue weighted by atomic mass is 35.5. The number of rotatable bonds is 6. The molecule has 6 nitrogen and oxygen atoms in total. The molecule has 0 radical (unpaired) electrons. The van der Waals surface area contributed by atoms with E-state index >= 15 is 0 Å². The Hall–Kier alpha value is -2.59.